The van der Waals surface area contributed by atoms with E-state index in [-0.39, 0.29) is 11.9 Å². The minimum absolute atomic E-state index is 0.144. The minimum atomic E-state index is -0.264. The molecule has 21 heavy (non-hydrogen) atoms. The fourth-order valence-corrected chi connectivity index (χ4v) is 2.65. The number of ether oxygens (including phenoxy) is 1. The van der Waals surface area contributed by atoms with Crippen molar-refractivity contribution >= 4 is 0 Å². The summed E-state index contributed by atoms with van der Waals surface area (Å²) >= 11 is 0. The van der Waals surface area contributed by atoms with E-state index in [1.54, 1.807) is 12.4 Å². The summed E-state index contributed by atoms with van der Waals surface area (Å²) in [6, 6.07) is 4.89. The summed E-state index contributed by atoms with van der Waals surface area (Å²) in [7, 11) is 0. The summed E-state index contributed by atoms with van der Waals surface area (Å²) in [6.45, 7) is 4.17. The van der Waals surface area contributed by atoms with Gasteiger partial charge in [0, 0.05) is 24.2 Å². The van der Waals surface area contributed by atoms with E-state index in [0.29, 0.717) is 18.9 Å². The van der Waals surface area contributed by atoms with Crippen LogP contribution in [0.5, 0.6) is 5.75 Å². The SMILES string of the molecule is CCn1cnnc1CN[C@H]1CCCOc2cc(F)ccc21. The Labute approximate surface area is 123 Å². The maximum absolute atomic E-state index is 13.3. The van der Waals surface area contributed by atoms with Gasteiger partial charge in [0.25, 0.3) is 0 Å². The molecule has 0 bridgehead atoms. The average Bonchev–Trinajstić information content (AvgIpc) is 2.85. The summed E-state index contributed by atoms with van der Waals surface area (Å²) in [6.07, 6.45) is 3.63. The van der Waals surface area contributed by atoms with E-state index in [4.69, 9.17) is 4.74 Å². The van der Waals surface area contributed by atoms with Crippen molar-refractivity contribution in [2.45, 2.75) is 38.9 Å². The first kappa shape index (κ1) is 14.0. The maximum Gasteiger partial charge on any atom is 0.146 e. The second-order valence-corrected chi connectivity index (χ2v) is 5.14. The summed E-state index contributed by atoms with van der Waals surface area (Å²) in [5.74, 6) is 1.29. The third kappa shape index (κ3) is 3.05. The summed E-state index contributed by atoms with van der Waals surface area (Å²) in [4.78, 5) is 0. The zero-order valence-corrected chi connectivity index (χ0v) is 12.1. The monoisotopic (exact) mass is 290 g/mol. The molecule has 0 unspecified atom stereocenters. The summed E-state index contributed by atoms with van der Waals surface area (Å²) < 4.78 is 21.0. The smallest absolute Gasteiger partial charge is 0.146 e. The molecule has 1 aliphatic rings. The van der Waals surface area contributed by atoms with E-state index < -0.39 is 0 Å². The Bertz CT molecular complexity index is 613. The number of hydrogen-bond donors (Lipinski definition) is 1. The fourth-order valence-electron chi connectivity index (χ4n) is 2.65. The van der Waals surface area contributed by atoms with Crippen molar-refractivity contribution in [3.8, 4) is 5.75 Å². The lowest BCUT2D eigenvalue weighted by Crippen LogP contribution is -2.22. The second kappa shape index (κ2) is 6.22. The van der Waals surface area contributed by atoms with Crippen molar-refractivity contribution in [1.82, 2.24) is 20.1 Å². The number of hydrogen-bond acceptors (Lipinski definition) is 4. The molecule has 0 spiro atoms. The lowest BCUT2D eigenvalue weighted by molar-refractivity contribution is 0.313. The van der Waals surface area contributed by atoms with Gasteiger partial charge in [-0.2, -0.15) is 0 Å². The molecule has 0 aliphatic carbocycles. The molecule has 0 amide bonds. The molecular formula is C15H19FN4O. The zero-order chi connectivity index (χ0) is 14.7. The number of nitrogens with one attached hydrogen (secondary N) is 1. The van der Waals surface area contributed by atoms with Crippen LogP contribution in [-0.4, -0.2) is 21.4 Å². The van der Waals surface area contributed by atoms with Crippen molar-refractivity contribution in [2.75, 3.05) is 6.61 Å². The Balaban J connectivity index is 1.76. The van der Waals surface area contributed by atoms with Gasteiger partial charge in [-0.05, 0) is 25.8 Å². The third-order valence-electron chi connectivity index (χ3n) is 3.79. The highest BCUT2D eigenvalue weighted by molar-refractivity contribution is 5.37. The van der Waals surface area contributed by atoms with E-state index in [1.165, 1.54) is 12.1 Å². The highest BCUT2D eigenvalue weighted by Gasteiger charge is 2.20. The molecule has 0 fully saturated rings. The van der Waals surface area contributed by atoms with Crippen LogP contribution >= 0.6 is 0 Å². The average molecular weight is 290 g/mol. The van der Waals surface area contributed by atoms with Gasteiger partial charge in [-0.25, -0.2) is 4.39 Å². The summed E-state index contributed by atoms with van der Waals surface area (Å²) in [5, 5.41) is 11.5. The number of halogens is 1. The molecule has 1 aromatic heterocycles. The highest BCUT2D eigenvalue weighted by Crippen LogP contribution is 2.32. The van der Waals surface area contributed by atoms with Crippen LogP contribution in [0.1, 0.15) is 37.2 Å². The van der Waals surface area contributed by atoms with E-state index in [1.807, 2.05) is 4.57 Å². The molecule has 5 nitrogen and oxygen atoms in total. The number of fused-ring (bicyclic) bond motifs is 1. The van der Waals surface area contributed by atoms with Crippen LogP contribution in [-0.2, 0) is 13.1 Å². The highest BCUT2D eigenvalue weighted by atomic mass is 19.1. The molecular weight excluding hydrogens is 271 g/mol. The number of aromatic nitrogens is 3. The normalized spacial score (nSPS) is 17.9. The predicted octanol–water partition coefficient (Wildman–Crippen LogP) is 2.44. The van der Waals surface area contributed by atoms with Crippen LogP contribution in [0.15, 0.2) is 24.5 Å². The van der Waals surface area contributed by atoms with Gasteiger partial charge in [0.15, 0.2) is 0 Å². The van der Waals surface area contributed by atoms with Gasteiger partial charge in [0.05, 0.1) is 13.2 Å². The summed E-state index contributed by atoms with van der Waals surface area (Å²) in [5.41, 5.74) is 1.01. The number of nitrogens with zero attached hydrogens (tertiary/aromatic N) is 3. The van der Waals surface area contributed by atoms with E-state index in [9.17, 15) is 4.39 Å². The van der Waals surface area contributed by atoms with Gasteiger partial charge in [-0.1, -0.05) is 6.07 Å². The van der Waals surface area contributed by atoms with Crippen molar-refractivity contribution in [3.05, 3.63) is 41.7 Å². The molecule has 0 radical (unpaired) electrons. The first-order valence-electron chi connectivity index (χ1n) is 7.30. The maximum atomic E-state index is 13.3. The molecule has 1 aromatic carbocycles. The largest absolute Gasteiger partial charge is 0.493 e. The Morgan fingerprint density at radius 3 is 3.24 bits per heavy atom. The van der Waals surface area contributed by atoms with Gasteiger partial charge in [-0.3, -0.25) is 0 Å². The Morgan fingerprint density at radius 2 is 2.38 bits per heavy atom. The molecule has 112 valence electrons. The molecule has 2 aromatic rings. The van der Waals surface area contributed by atoms with E-state index in [0.717, 1.165) is 30.8 Å². The van der Waals surface area contributed by atoms with Gasteiger partial charge >= 0.3 is 0 Å². The molecule has 0 saturated heterocycles. The van der Waals surface area contributed by atoms with Crippen molar-refractivity contribution in [3.63, 3.8) is 0 Å². The zero-order valence-electron chi connectivity index (χ0n) is 12.1. The van der Waals surface area contributed by atoms with E-state index in [2.05, 4.69) is 22.4 Å². The second-order valence-electron chi connectivity index (χ2n) is 5.14. The van der Waals surface area contributed by atoms with Crippen LogP contribution < -0.4 is 10.1 Å². The quantitative estimate of drug-likeness (QED) is 0.939. The predicted molar refractivity (Wildman–Crippen MR) is 76.4 cm³/mol. The fraction of sp³-hybridized carbons (Fsp3) is 0.467. The Hall–Kier alpha value is -1.95. The van der Waals surface area contributed by atoms with Crippen LogP contribution in [0.2, 0.25) is 0 Å². The first-order chi connectivity index (χ1) is 10.3. The topological polar surface area (TPSA) is 52.0 Å². The van der Waals surface area contributed by atoms with E-state index >= 15 is 0 Å². The number of benzene rings is 1. The number of aryl methyl sites for hydroxylation is 1. The van der Waals surface area contributed by atoms with Crippen molar-refractivity contribution in [2.24, 2.45) is 0 Å². The Kier molecular flexibility index (Phi) is 4.15. The lowest BCUT2D eigenvalue weighted by Gasteiger charge is -2.18. The van der Waals surface area contributed by atoms with Crippen LogP contribution in [0.3, 0.4) is 0 Å². The molecule has 1 aliphatic heterocycles. The lowest BCUT2D eigenvalue weighted by atomic mass is 10.0. The molecule has 1 atom stereocenters. The minimum Gasteiger partial charge on any atom is -0.493 e. The van der Waals surface area contributed by atoms with Crippen molar-refractivity contribution in [1.29, 1.82) is 0 Å². The Morgan fingerprint density at radius 1 is 1.48 bits per heavy atom. The van der Waals surface area contributed by atoms with Crippen molar-refractivity contribution < 1.29 is 9.13 Å². The van der Waals surface area contributed by atoms with Crippen LogP contribution in [0.25, 0.3) is 0 Å². The number of rotatable bonds is 4. The first-order valence-corrected chi connectivity index (χ1v) is 7.30. The standard InChI is InChI=1S/C15H19FN4O/c1-2-20-10-18-19-15(20)9-17-13-4-3-7-21-14-8-11(16)5-6-12(13)14/h5-6,8,10,13,17H,2-4,7,9H2,1H3/t13-/m0/s1. The van der Waals surface area contributed by atoms with Crippen LogP contribution in [0.4, 0.5) is 4.39 Å². The molecule has 3 rings (SSSR count). The molecule has 1 N–H and O–H groups in total. The van der Waals surface area contributed by atoms with Gasteiger partial charge < -0.3 is 14.6 Å². The van der Waals surface area contributed by atoms with Crippen LogP contribution in [0, 0.1) is 5.82 Å². The molecule has 6 heteroatoms. The molecule has 0 saturated carbocycles. The van der Waals surface area contributed by atoms with Gasteiger partial charge in [-0.15, -0.1) is 10.2 Å². The molecule has 2 heterocycles. The third-order valence-corrected chi connectivity index (χ3v) is 3.79. The van der Waals surface area contributed by atoms with Gasteiger partial charge in [0.1, 0.15) is 23.7 Å². The van der Waals surface area contributed by atoms with Gasteiger partial charge in [0.2, 0.25) is 0 Å².